The molecule has 3 heterocycles. The Labute approximate surface area is 227 Å². The Morgan fingerprint density at radius 1 is 1.00 bits per heavy atom. The Bertz CT molecular complexity index is 1420. The summed E-state index contributed by atoms with van der Waals surface area (Å²) in [5, 5.41) is 13.0. The van der Waals surface area contributed by atoms with E-state index in [0.29, 0.717) is 20.9 Å². The van der Waals surface area contributed by atoms with Crippen molar-refractivity contribution < 1.29 is 36.9 Å². The quantitative estimate of drug-likeness (QED) is 0.438. The van der Waals surface area contributed by atoms with Gasteiger partial charge in [0, 0.05) is 10.8 Å². The summed E-state index contributed by atoms with van der Waals surface area (Å²) in [6, 6.07) is 18.0. The van der Waals surface area contributed by atoms with Gasteiger partial charge in [0.05, 0.1) is 39.7 Å². The summed E-state index contributed by atoms with van der Waals surface area (Å²) in [4.78, 5) is 38.8. The van der Waals surface area contributed by atoms with Crippen LogP contribution < -0.4 is 10.4 Å². The number of aliphatic carboxylic acids is 1. The second kappa shape index (κ2) is 10.4. The zero-order valence-corrected chi connectivity index (χ0v) is 21.6. The van der Waals surface area contributed by atoms with Crippen molar-refractivity contribution >= 4 is 39.9 Å². The Morgan fingerprint density at radius 3 is 2.08 bits per heavy atom. The third-order valence-corrected chi connectivity index (χ3v) is 9.51. The summed E-state index contributed by atoms with van der Waals surface area (Å²) in [5.41, 5.74) is -2.23. The number of nitrogens with zero attached hydrogens (tertiary/aromatic N) is 1. The Morgan fingerprint density at radius 2 is 1.59 bits per heavy atom. The molecule has 0 aliphatic carbocycles. The van der Waals surface area contributed by atoms with Crippen LogP contribution in [0.5, 0.6) is 0 Å². The third kappa shape index (κ3) is 4.89. The number of β-lactam (4-membered cyclic amide) rings is 1. The van der Waals surface area contributed by atoms with Crippen molar-refractivity contribution in [2.75, 3.05) is 0 Å². The summed E-state index contributed by atoms with van der Waals surface area (Å²) in [6.45, 7) is 0. The van der Waals surface area contributed by atoms with E-state index in [2.05, 4.69) is 5.32 Å². The van der Waals surface area contributed by atoms with Gasteiger partial charge < -0.3 is 15.2 Å². The molecule has 4 atom stereocenters. The predicted octanol–water partition coefficient (Wildman–Crippen LogP) is 2.47. The van der Waals surface area contributed by atoms with Crippen molar-refractivity contribution in [3.63, 3.8) is 0 Å². The lowest BCUT2D eigenvalue weighted by Crippen LogP contribution is -2.75. The van der Waals surface area contributed by atoms with Crippen LogP contribution in [0.2, 0.25) is 0 Å². The molecule has 1 aromatic heterocycles. The number of nitrogens with one attached hydrogen (secondary N) is 1. The van der Waals surface area contributed by atoms with Crippen LogP contribution in [0.25, 0.3) is 0 Å². The van der Waals surface area contributed by atoms with E-state index in [4.69, 9.17) is 0 Å². The molecule has 3 aromatic rings. The molecule has 1 saturated heterocycles. The lowest BCUT2D eigenvalue weighted by Gasteiger charge is -2.53. The molecule has 5 rings (SSSR count). The first-order chi connectivity index (χ1) is 18.6. The number of amides is 2. The number of carbonyl (C=O) groups is 3. The smallest absolute Gasteiger partial charge is 0.415 e. The average molecular weight is 574 g/mol. The number of carbonyl (C=O) groups excluding carboxylic acids is 3. The van der Waals surface area contributed by atoms with Crippen LogP contribution in [0, 0.1) is 0 Å². The largest absolute Gasteiger partial charge is 0.543 e. The maximum atomic E-state index is 14.6. The molecule has 1 fully saturated rings. The SMILES string of the molecule is O=C(Cc1cccs1)NC1C(=O)N2C(C(=O)[O-])=C(C(F)(F)F)C(C(c3ccccc3)c3ccccc3)S(=O)[C@H]12. The normalized spacial score (nSPS) is 22.9. The van der Waals surface area contributed by atoms with Crippen LogP contribution in [-0.4, -0.2) is 49.7 Å². The summed E-state index contributed by atoms with van der Waals surface area (Å²) >= 11 is 1.30. The maximum Gasteiger partial charge on any atom is 0.415 e. The zero-order valence-electron chi connectivity index (χ0n) is 20.0. The van der Waals surface area contributed by atoms with Gasteiger partial charge in [-0.2, -0.15) is 13.2 Å². The van der Waals surface area contributed by atoms with Gasteiger partial charge in [0.1, 0.15) is 11.4 Å². The Kier molecular flexibility index (Phi) is 7.17. The summed E-state index contributed by atoms with van der Waals surface area (Å²) in [7, 11) is -2.49. The van der Waals surface area contributed by atoms with Gasteiger partial charge in [-0.1, -0.05) is 66.7 Å². The molecule has 202 valence electrons. The van der Waals surface area contributed by atoms with Crippen LogP contribution in [-0.2, 0) is 31.6 Å². The van der Waals surface area contributed by atoms with Crippen molar-refractivity contribution in [2.24, 2.45) is 0 Å². The molecule has 1 N–H and O–H groups in total. The van der Waals surface area contributed by atoms with E-state index in [1.165, 1.54) is 11.3 Å². The van der Waals surface area contributed by atoms with Gasteiger partial charge in [0.25, 0.3) is 5.91 Å². The minimum absolute atomic E-state index is 0.0993. The van der Waals surface area contributed by atoms with Gasteiger partial charge >= 0.3 is 6.18 Å². The number of carboxylic acid groups (broad SMARTS) is 1. The molecule has 0 saturated carbocycles. The molecule has 7 nitrogen and oxygen atoms in total. The number of carboxylic acids is 1. The molecule has 2 aliphatic heterocycles. The molecule has 39 heavy (non-hydrogen) atoms. The van der Waals surface area contributed by atoms with Crippen LogP contribution in [0.15, 0.2) is 89.4 Å². The minimum atomic E-state index is -5.25. The predicted molar refractivity (Wildman–Crippen MR) is 135 cm³/mol. The summed E-state index contributed by atoms with van der Waals surface area (Å²) in [5.74, 6) is -5.10. The molecule has 0 radical (unpaired) electrons. The number of hydrogen-bond acceptors (Lipinski definition) is 6. The Hall–Kier alpha value is -3.77. The highest BCUT2D eigenvalue weighted by molar-refractivity contribution is 7.86. The van der Waals surface area contributed by atoms with Crippen LogP contribution in [0.1, 0.15) is 21.9 Å². The van der Waals surface area contributed by atoms with Crippen molar-refractivity contribution in [3.8, 4) is 0 Å². The first-order valence-electron chi connectivity index (χ1n) is 11.8. The Balaban J connectivity index is 1.64. The highest BCUT2D eigenvalue weighted by Gasteiger charge is 2.63. The van der Waals surface area contributed by atoms with Gasteiger partial charge in [-0.25, -0.2) is 0 Å². The molecule has 0 bridgehead atoms. The highest BCUT2D eigenvalue weighted by Crippen LogP contribution is 2.49. The summed E-state index contributed by atoms with van der Waals surface area (Å²) < 4.78 is 58.0. The number of halogens is 3. The maximum absolute atomic E-state index is 14.6. The standard InChI is InChI=1S/C27H21F3N2O5S2/c28-27(29,30)20-22(26(35)36)32-24(34)21(31-18(33)14-17-12-7-13-38-17)25(32)39(37)23(20)19(15-8-3-1-4-9-15)16-10-5-2-6-11-16/h1-13,19,21,23,25H,14H2,(H,31,33)(H,35,36)/p-1/t21?,23?,25-,39?/m1/s1. The van der Waals surface area contributed by atoms with Gasteiger partial charge in [-0.3, -0.25) is 18.7 Å². The van der Waals surface area contributed by atoms with Crippen LogP contribution in [0.4, 0.5) is 13.2 Å². The molecule has 2 aromatic carbocycles. The number of alkyl halides is 3. The fraction of sp³-hybridized carbons (Fsp3) is 0.222. The lowest BCUT2D eigenvalue weighted by atomic mass is 9.83. The third-order valence-electron chi connectivity index (χ3n) is 6.66. The number of thiophene rings is 1. The van der Waals surface area contributed by atoms with Gasteiger partial charge in [0.2, 0.25) is 5.91 Å². The molecule has 3 unspecified atom stereocenters. The van der Waals surface area contributed by atoms with E-state index >= 15 is 0 Å². The second-order valence-corrected chi connectivity index (χ2v) is 11.7. The van der Waals surface area contributed by atoms with Crippen molar-refractivity contribution in [3.05, 3.63) is 105 Å². The second-order valence-electron chi connectivity index (χ2n) is 9.00. The van der Waals surface area contributed by atoms with Crippen molar-refractivity contribution in [1.82, 2.24) is 10.2 Å². The molecular weight excluding hydrogens is 553 g/mol. The number of rotatable bonds is 7. The van der Waals surface area contributed by atoms with E-state index in [1.54, 1.807) is 78.2 Å². The average Bonchev–Trinajstić information content (AvgIpc) is 3.41. The molecular formula is C27H20F3N2O5S2-. The molecule has 2 aliphatic rings. The van der Waals surface area contributed by atoms with Crippen LogP contribution in [0.3, 0.4) is 0 Å². The van der Waals surface area contributed by atoms with E-state index in [1.807, 2.05) is 0 Å². The van der Waals surface area contributed by atoms with E-state index < -0.39 is 68.6 Å². The number of benzene rings is 2. The first-order valence-corrected chi connectivity index (χ1v) is 13.9. The van der Waals surface area contributed by atoms with E-state index in [-0.39, 0.29) is 6.42 Å². The fourth-order valence-corrected chi connectivity index (χ4v) is 8.00. The minimum Gasteiger partial charge on any atom is -0.543 e. The molecule has 2 amide bonds. The number of hydrogen-bond donors (Lipinski definition) is 1. The lowest BCUT2D eigenvalue weighted by molar-refractivity contribution is -0.302. The van der Waals surface area contributed by atoms with Gasteiger partial charge in [-0.15, -0.1) is 11.3 Å². The highest BCUT2D eigenvalue weighted by atomic mass is 32.2. The zero-order chi connectivity index (χ0) is 27.9. The van der Waals surface area contributed by atoms with E-state index in [0.717, 1.165) is 0 Å². The monoisotopic (exact) mass is 573 g/mol. The van der Waals surface area contributed by atoms with Crippen molar-refractivity contribution in [2.45, 2.75) is 35.2 Å². The molecule has 12 heteroatoms. The van der Waals surface area contributed by atoms with Gasteiger partial charge in [0.15, 0.2) is 0 Å². The van der Waals surface area contributed by atoms with Crippen molar-refractivity contribution in [1.29, 1.82) is 0 Å². The number of fused-ring (bicyclic) bond motifs is 1. The van der Waals surface area contributed by atoms with Crippen LogP contribution >= 0.6 is 11.3 Å². The first kappa shape index (κ1) is 26.8. The summed E-state index contributed by atoms with van der Waals surface area (Å²) in [6.07, 6.45) is -5.35. The van der Waals surface area contributed by atoms with E-state index in [9.17, 15) is 36.9 Å². The fourth-order valence-electron chi connectivity index (χ4n) is 5.07. The molecule has 0 spiro atoms. The van der Waals surface area contributed by atoms with Gasteiger partial charge in [-0.05, 0) is 22.6 Å². The topological polar surface area (TPSA) is 107 Å².